The van der Waals surface area contributed by atoms with E-state index in [4.69, 9.17) is 9.47 Å². The zero-order valence-corrected chi connectivity index (χ0v) is 27.2. The fourth-order valence-electron chi connectivity index (χ4n) is 5.77. The van der Waals surface area contributed by atoms with Crippen molar-refractivity contribution < 1.29 is 19.7 Å². The molecule has 3 aromatic rings. The van der Waals surface area contributed by atoms with E-state index in [0.29, 0.717) is 13.2 Å². The molecule has 4 heteroatoms. The molecule has 2 aliphatic rings. The van der Waals surface area contributed by atoms with Gasteiger partial charge in [0.1, 0.15) is 23.7 Å². The van der Waals surface area contributed by atoms with Crippen LogP contribution in [0.5, 0.6) is 11.5 Å². The summed E-state index contributed by atoms with van der Waals surface area (Å²) in [5.41, 5.74) is 13.3. The van der Waals surface area contributed by atoms with Crippen molar-refractivity contribution in [3.05, 3.63) is 131 Å². The second kappa shape index (κ2) is 16.9. The lowest BCUT2D eigenvalue weighted by Crippen LogP contribution is -2.04. The Bertz CT molecular complexity index is 1610. The van der Waals surface area contributed by atoms with E-state index in [0.717, 1.165) is 81.7 Å². The van der Waals surface area contributed by atoms with E-state index < -0.39 is 12.2 Å². The van der Waals surface area contributed by atoms with Gasteiger partial charge in [0.25, 0.3) is 0 Å². The van der Waals surface area contributed by atoms with Crippen LogP contribution in [0.3, 0.4) is 0 Å². The van der Waals surface area contributed by atoms with Crippen LogP contribution in [0.1, 0.15) is 88.5 Å². The molecule has 0 heterocycles. The van der Waals surface area contributed by atoms with Gasteiger partial charge in [0.05, 0.1) is 18.8 Å². The van der Waals surface area contributed by atoms with Crippen LogP contribution in [0.15, 0.2) is 120 Å². The highest BCUT2D eigenvalue weighted by molar-refractivity contribution is 5.82. The molecule has 0 saturated carbocycles. The topological polar surface area (TPSA) is 58.9 Å². The molecular formula is C42H46O4. The lowest BCUT2D eigenvalue weighted by molar-refractivity contribution is 0.220. The van der Waals surface area contributed by atoms with Crippen molar-refractivity contribution in [3.8, 4) is 33.8 Å². The first-order valence-corrected chi connectivity index (χ1v) is 16.9. The molecule has 2 N–H and O–H groups in total. The third-order valence-electron chi connectivity index (χ3n) is 8.48. The number of hydrogen-bond acceptors (Lipinski definition) is 4. The first-order chi connectivity index (χ1) is 22.6. The number of hydrogen-bond donors (Lipinski definition) is 2. The minimum absolute atomic E-state index is 0.622. The van der Waals surface area contributed by atoms with Crippen molar-refractivity contribution in [1.29, 1.82) is 0 Å². The minimum Gasteiger partial charge on any atom is -0.493 e. The Kier molecular flexibility index (Phi) is 12.1. The predicted molar refractivity (Wildman–Crippen MR) is 188 cm³/mol. The van der Waals surface area contributed by atoms with Crippen LogP contribution < -0.4 is 9.47 Å². The summed E-state index contributed by atoms with van der Waals surface area (Å²) in [6.45, 7) is 5.67. The van der Waals surface area contributed by atoms with E-state index in [-0.39, 0.29) is 0 Å². The summed E-state index contributed by atoms with van der Waals surface area (Å²) < 4.78 is 13.1. The summed E-state index contributed by atoms with van der Waals surface area (Å²) in [6, 6.07) is 20.3. The van der Waals surface area contributed by atoms with Crippen LogP contribution >= 0.6 is 0 Å². The number of aliphatic hydroxyl groups is 2. The zero-order valence-electron chi connectivity index (χ0n) is 27.2. The SMILES string of the molecule is CCCCCCOc1cc(-c2ccc(C(O)C3=C=CC=C3)cc2)cc(OCCCCCC)c1-c1ccc(C(O)C2=C=CC=C2)cc1. The van der Waals surface area contributed by atoms with Crippen molar-refractivity contribution in [3.63, 3.8) is 0 Å². The van der Waals surface area contributed by atoms with Crippen molar-refractivity contribution in [2.75, 3.05) is 13.2 Å². The lowest BCUT2D eigenvalue weighted by atomic mass is 9.94. The van der Waals surface area contributed by atoms with Gasteiger partial charge in [0, 0.05) is 11.1 Å². The summed E-state index contributed by atoms with van der Waals surface area (Å²) in [4.78, 5) is 0. The average molecular weight is 615 g/mol. The Morgan fingerprint density at radius 1 is 0.565 bits per heavy atom. The average Bonchev–Trinajstić information content (AvgIpc) is 3.83. The standard InChI is InChI=1S/C42H46O4/c1-3-5-7-13-27-45-38-29-37(31-19-23-35(24-20-31)41(43)33-15-9-10-16-33)30-39(46-28-14-8-6-4-2)40(38)32-21-25-36(26-22-32)42(44)34-17-11-12-18-34/h9-12,15,17,19-26,29-30,41-44H,3-8,13-14,27-28H2,1-2H3. The first-order valence-electron chi connectivity index (χ1n) is 16.9. The third kappa shape index (κ3) is 8.49. The smallest absolute Gasteiger partial charge is 0.131 e. The molecule has 2 atom stereocenters. The molecule has 46 heavy (non-hydrogen) atoms. The van der Waals surface area contributed by atoms with Crippen molar-refractivity contribution >= 4 is 0 Å². The van der Waals surface area contributed by atoms with E-state index in [9.17, 15) is 10.2 Å². The number of benzene rings is 3. The monoisotopic (exact) mass is 614 g/mol. The molecule has 238 valence electrons. The first kappa shape index (κ1) is 33.1. The van der Waals surface area contributed by atoms with E-state index in [2.05, 4.69) is 37.4 Å². The summed E-state index contributed by atoms with van der Waals surface area (Å²) >= 11 is 0. The summed E-state index contributed by atoms with van der Waals surface area (Å²) in [5.74, 6) is 1.57. The molecule has 3 aromatic carbocycles. The van der Waals surface area contributed by atoms with E-state index in [1.807, 2.05) is 85.0 Å². The highest BCUT2D eigenvalue weighted by atomic mass is 16.5. The zero-order chi connectivity index (χ0) is 32.1. The highest BCUT2D eigenvalue weighted by Gasteiger charge is 2.20. The van der Waals surface area contributed by atoms with Gasteiger partial charge in [-0.2, -0.15) is 0 Å². The molecule has 0 fully saturated rings. The van der Waals surface area contributed by atoms with Gasteiger partial charge in [0.2, 0.25) is 0 Å². The molecule has 0 saturated heterocycles. The van der Waals surface area contributed by atoms with Crippen LogP contribution in [0, 0.1) is 0 Å². The molecule has 5 rings (SSSR count). The third-order valence-corrected chi connectivity index (χ3v) is 8.48. The predicted octanol–water partition coefficient (Wildman–Crippen LogP) is 10.3. The Labute approximate surface area is 274 Å². The van der Waals surface area contributed by atoms with Crippen LogP contribution in [0.25, 0.3) is 22.3 Å². The Morgan fingerprint density at radius 2 is 1.02 bits per heavy atom. The second-order valence-corrected chi connectivity index (χ2v) is 12.0. The molecule has 0 radical (unpaired) electrons. The maximum Gasteiger partial charge on any atom is 0.131 e. The van der Waals surface area contributed by atoms with Gasteiger partial charge in [0.15, 0.2) is 0 Å². The van der Waals surface area contributed by atoms with E-state index in [1.54, 1.807) is 0 Å². The lowest BCUT2D eigenvalue weighted by Gasteiger charge is -2.20. The Morgan fingerprint density at radius 3 is 1.43 bits per heavy atom. The summed E-state index contributed by atoms with van der Waals surface area (Å²) in [7, 11) is 0. The molecule has 2 unspecified atom stereocenters. The largest absolute Gasteiger partial charge is 0.493 e. The van der Waals surface area contributed by atoms with Gasteiger partial charge in [-0.3, -0.25) is 0 Å². The van der Waals surface area contributed by atoms with Gasteiger partial charge in [-0.05, 0) is 77.1 Å². The summed E-state index contributed by atoms with van der Waals surface area (Å²) in [6.07, 6.45) is 18.7. The van der Waals surface area contributed by atoms with Gasteiger partial charge in [-0.1, -0.05) is 113 Å². The quantitative estimate of drug-likeness (QED) is 0.111. The molecule has 0 bridgehead atoms. The van der Waals surface area contributed by atoms with E-state index >= 15 is 0 Å². The number of aliphatic hydroxyl groups excluding tert-OH is 2. The molecule has 0 aliphatic heterocycles. The fourth-order valence-corrected chi connectivity index (χ4v) is 5.77. The molecule has 4 nitrogen and oxygen atoms in total. The van der Waals surface area contributed by atoms with Gasteiger partial charge in [-0.15, -0.1) is 11.5 Å². The number of rotatable bonds is 18. The Hall–Kier alpha value is -4.30. The molecular weight excluding hydrogens is 568 g/mol. The normalized spacial score (nSPS) is 14.4. The van der Waals surface area contributed by atoms with Crippen LogP contribution in [0.4, 0.5) is 0 Å². The molecule has 2 aliphatic carbocycles. The maximum atomic E-state index is 10.9. The molecule has 0 aromatic heterocycles. The number of allylic oxidation sites excluding steroid dienone is 2. The Balaban J connectivity index is 1.50. The highest BCUT2D eigenvalue weighted by Crippen LogP contribution is 2.43. The minimum atomic E-state index is -0.728. The number of ether oxygens (including phenoxy) is 2. The van der Waals surface area contributed by atoms with Crippen molar-refractivity contribution in [2.45, 2.75) is 77.4 Å². The van der Waals surface area contributed by atoms with E-state index in [1.165, 1.54) is 25.7 Å². The van der Waals surface area contributed by atoms with Gasteiger partial charge < -0.3 is 19.7 Å². The maximum absolute atomic E-state index is 10.9. The molecule has 0 spiro atoms. The van der Waals surface area contributed by atoms with Crippen LogP contribution in [-0.4, -0.2) is 23.4 Å². The van der Waals surface area contributed by atoms with Gasteiger partial charge >= 0.3 is 0 Å². The fraction of sp³-hybridized carbons (Fsp3) is 0.333. The molecule has 0 amide bonds. The van der Waals surface area contributed by atoms with Crippen molar-refractivity contribution in [2.24, 2.45) is 0 Å². The van der Waals surface area contributed by atoms with Crippen molar-refractivity contribution in [1.82, 2.24) is 0 Å². The summed E-state index contributed by atoms with van der Waals surface area (Å²) in [5, 5.41) is 21.7. The van der Waals surface area contributed by atoms with Crippen LogP contribution in [-0.2, 0) is 0 Å². The second-order valence-electron chi connectivity index (χ2n) is 12.0. The van der Waals surface area contributed by atoms with Gasteiger partial charge in [-0.25, -0.2) is 0 Å². The number of unbranched alkanes of at least 4 members (excludes halogenated alkanes) is 6. The van der Waals surface area contributed by atoms with Crippen LogP contribution in [0.2, 0.25) is 0 Å².